The Kier molecular flexibility index (Phi) is 1.67. The largest absolute Gasteiger partial charge is 0.497 e. The number of ether oxygens (including phenoxy) is 1. The first-order valence-electron chi connectivity index (χ1n) is 3.88. The second-order valence-corrected chi connectivity index (χ2v) is 2.67. The number of aromatic amines is 1. The van der Waals surface area contributed by atoms with Gasteiger partial charge in [0, 0.05) is 17.1 Å². The number of nitrogens with one attached hydrogen (secondary N) is 1. The lowest BCUT2D eigenvalue weighted by Gasteiger charge is -2.00. The Bertz CT molecular complexity index is 479. The van der Waals surface area contributed by atoms with Gasteiger partial charge in [0.15, 0.2) is 0 Å². The number of H-pyrrole nitrogens is 1. The molecule has 0 aliphatic rings. The molecule has 0 spiro atoms. The molecule has 3 heteroatoms. The van der Waals surface area contributed by atoms with Gasteiger partial charge in [-0.05, 0) is 12.1 Å². The van der Waals surface area contributed by atoms with Crippen molar-refractivity contribution in [3.05, 3.63) is 35.8 Å². The van der Waals surface area contributed by atoms with E-state index in [1.807, 2.05) is 18.2 Å². The maximum absolute atomic E-state index is 6.96. The molecule has 64 valence electrons. The first-order valence-corrected chi connectivity index (χ1v) is 3.88. The van der Waals surface area contributed by atoms with Crippen LogP contribution in [0.4, 0.5) is 5.69 Å². The van der Waals surface area contributed by atoms with Gasteiger partial charge in [0.05, 0.1) is 13.7 Å². The predicted molar refractivity (Wildman–Crippen MR) is 51.1 cm³/mol. The summed E-state index contributed by atoms with van der Waals surface area (Å²) in [6.07, 6.45) is 1.69. The van der Waals surface area contributed by atoms with E-state index in [1.54, 1.807) is 13.3 Å². The van der Waals surface area contributed by atoms with Crippen LogP contribution in [0.15, 0.2) is 24.4 Å². The van der Waals surface area contributed by atoms with Crippen LogP contribution in [0.3, 0.4) is 0 Å². The lowest BCUT2D eigenvalue weighted by molar-refractivity contribution is 0.420. The lowest BCUT2D eigenvalue weighted by atomic mass is 10.2. The zero-order chi connectivity index (χ0) is 9.26. The Morgan fingerprint density at radius 2 is 2.31 bits per heavy atom. The van der Waals surface area contributed by atoms with Crippen molar-refractivity contribution in [3.8, 4) is 5.75 Å². The minimum absolute atomic E-state index is 0.604. The Hall–Kier alpha value is -1.95. The van der Waals surface area contributed by atoms with E-state index in [1.165, 1.54) is 0 Å². The number of methoxy groups -OCH3 is 1. The number of rotatable bonds is 1. The predicted octanol–water partition coefficient (Wildman–Crippen LogP) is 2.73. The van der Waals surface area contributed by atoms with Crippen LogP contribution in [0.25, 0.3) is 15.7 Å². The van der Waals surface area contributed by atoms with Crippen LogP contribution < -0.4 is 4.74 Å². The fourth-order valence-electron chi connectivity index (χ4n) is 1.39. The molecule has 13 heavy (non-hydrogen) atoms. The van der Waals surface area contributed by atoms with Crippen molar-refractivity contribution < 1.29 is 4.74 Å². The summed E-state index contributed by atoms with van der Waals surface area (Å²) < 4.78 is 5.16. The summed E-state index contributed by atoms with van der Waals surface area (Å²) in [5.41, 5.74) is 1.54. The molecule has 3 nitrogen and oxygen atoms in total. The summed E-state index contributed by atoms with van der Waals surface area (Å²) in [4.78, 5) is 6.43. The van der Waals surface area contributed by atoms with Gasteiger partial charge in [0.25, 0.3) is 0 Å². The van der Waals surface area contributed by atoms with E-state index < -0.39 is 0 Å². The average molecular weight is 172 g/mol. The molecule has 0 aliphatic carbocycles. The molecule has 0 radical (unpaired) electrons. The summed E-state index contributed by atoms with van der Waals surface area (Å²) in [7, 11) is 1.61. The number of hydrogen-bond acceptors (Lipinski definition) is 1. The summed E-state index contributed by atoms with van der Waals surface area (Å²) in [6.45, 7) is 6.96. The highest BCUT2D eigenvalue weighted by atomic mass is 16.5. The molecule has 1 N–H and O–H groups in total. The van der Waals surface area contributed by atoms with Crippen LogP contribution in [0.5, 0.6) is 5.75 Å². The zero-order valence-electron chi connectivity index (χ0n) is 7.16. The monoisotopic (exact) mass is 172 g/mol. The Morgan fingerprint density at radius 1 is 1.46 bits per heavy atom. The van der Waals surface area contributed by atoms with Gasteiger partial charge in [-0.15, -0.1) is 0 Å². The zero-order valence-corrected chi connectivity index (χ0v) is 7.16. The lowest BCUT2D eigenvalue weighted by Crippen LogP contribution is -1.82. The topological polar surface area (TPSA) is 29.4 Å². The number of hydrogen-bond donors (Lipinski definition) is 1. The van der Waals surface area contributed by atoms with E-state index in [9.17, 15) is 0 Å². The van der Waals surface area contributed by atoms with Crippen LogP contribution in [0, 0.1) is 6.57 Å². The van der Waals surface area contributed by atoms with Gasteiger partial charge in [-0.25, -0.2) is 4.85 Å². The molecule has 1 aromatic carbocycles. The van der Waals surface area contributed by atoms with Gasteiger partial charge in [-0.2, -0.15) is 0 Å². The first kappa shape index (κ1) is 7.69. The highest BCUT2D eigenvalue weighted by Crippen LogP contribution is 2.33. The summed E-state index contributed by atoms with van der Waals surface area (Å²) >= 11 is 0. The average Bonchev–Trinajstić information content (AvgIpc) is 2.60. The smallest absolute Gasteiger partial charge is 0.215 e. The van der Waals surface area contributed by atoms with Gasteiger partial charge in [0.2, 0.25) is 5.69 Å². The summed E-state index contributed by atoms with van der Waals surface area (Å²) in [5.74, 6) is 0.741. The van der Waals surface area contributed by atoms with Crippen molar-refractivity contribution in [2.24, 2.45) is 0 Å². The number of benzene rings is 1. The van der Waals surface area contributed by atoms with Gasteiger partial charge in [-0.3, -0.25) is 0 Å². The van der Waals surface area contributed by atoms with Crippen LogP contribution in [-0.4, -0.2) is 12.1 Å². The minimum Gasteiger partial charge on any atom is -0.497 e. The molecule has 0 fully saturated rings. The van der Waals surface area contributed by atoms with Crippen molar-refractivity contribution in [1.29, 1.82) is 0 Å². The van der Waals surface area contributed by atoms with E-state index in [4.69, 9.17) is 11.3 Å². The van der Waals surface area contributed by atoms with Crippen molar-refractivity contribution in [3.63, 3.8) is 0 Å². The van der Waals surface area contributed by atoms with Crippen LogP contribution >= 0.6 is 0 Å². The van der Waals surface area contributed by atoms with Crippen molar-refractivity contribution in [2.45, 2.75) is 0 Å². The molecule has 2 rings (SSSR count). The summed E-state index contributed by atoms with van der Waals surface area (Å²) in [6, 6.07) is 5.67. The molecule has 0 unspecified atom stereocenters. The Morgan fingerprint density at radius 3 is 3.00 bits per heavy atom. The van der Waals surface area contributed by atoms with Crippen molar-refractivity contribution in [2.75, 3.05) is 7.11 Å². The normalized spacial score (nSPS) is 9.85. The molecule has 1 heterocycles. The first-order chi connectivity index (χ1) is 6.36. The van der Waals surface area contributed by atoms with Crippen LogP contribution in [0.2, 0.25) is 0 Å². The molecule has 0 atom stereocenters. The van der Waals surface area contributed by atoms with Crippen LogP contribution in [-0.2, 0) is 0 Å². The number of fused-ring (bicyclic) bond motifs is 1. The molecular weight excluding hydrogens is 164 g/mol. The molecular formula is C10H8N2O. The van der Waals surface area contributed by atoms with Gasteiger partial charge in [0.1, 0.15) is 5.75 Å². The molecule has 2 aromatic rings. The molecule has 0 aliphatic heterocycles. The third-order valence-corrected chi connectivity index (χ3v) is 1.99. The Balaban J connectivity index is 2.85. The summed E-state index contributed by atoms with van der Waals surface area (Å²) in [5, 5.41) is 0.861. The third kappa shape index (κ3) is 1.04. The van der Waals surface area contributed by atoms with Gasteiger partial charge < -0.3 is 9.72 Å². The fraction of sp³-hybridized carbons (Fsp3) is 0.100. The van der Waals surface area contributed by atoms with Gasteiger partial charge >= 0.3 is 0 Å². The van der Waals surface area contributed by atoms with E-state index in [0.717, 1.165) is 16.7 Å². The SMILES string of the molecule is [C-]#[N+]c1c[nH]c2cccc(OC)c12. The van der Waals surface area contributed by atoms with E-state index in [0.29, 0.717) is 5.69 Å². The number of aromatic nitrogens is 1. The van der Waals surface area contributed by atoms with Crippen LogP contribution in [0.1, 0.15) is 0 Å². The van der Waals surface area contributed by atoms with Gasteiger partial charge in [-0.1, -0.05) is 6.07 Å². The standard InChI is InChI=1S/C10H8N2O/c1-11-8-6-12-7-4-3-5-9(13-2)10(7)8/h3-6,12H,2H3. The molecule has 0 saturated carbocycles. The second-order valence-electron chi connectivity index (χ2n) is 2.67. The number of nitrogens with zero attached hydrogens (tertiary/aromatic N) is 1. The Labute approximate surface area is 75.8 Å². The molecule has 0 bridgehead atoms. The van der Waals surface area contributed by atoms with E-state index >= 15 is 0 Å². The second kappa shape index (κ2) is 2.83. The third-order valence-electron chi connectivity index (χ3n) is 1.99. The maximum Gasteiger partial charge on any atom is 0.215 e. The van der Waals surface area contributed by atoms with Crippen molar-refractivity contribution in [1.82, 2.24) is 4.98 Å². The molecule has 0 amide bonds. The highest BCUT2D eigenvalue weighted by molar-refractivity contribution is 5.97. The van der Waals surface area contributed by atoms with E-state index in [-0.39, 0.29) is 0 Å². The quantitative estimate of drug-likeness (QED) is 0.658. The fourth-order valence-corrected chi connectivity index (χ4v) is 1.39. The van der Waals surface area contributed by atoms with E-state index in [2.05, 4.69) is 9.83 Å². The van der Waals surface area contributed by atoms with Crippen molar-refractivity contribution >= 4 is 16.6 Å². The molecule has 1 aromatic heterocycles. The maximum atomic E-state index is 6.96. The highest BCUT2D eigenvalue weighted by Gasteiger charge is 2.07. The minimum atomic E-state index is 0.604. The molecule has 0 saturated heterocycles.